The van der Waals surface area contributed by atoms with Crippen LogP contribution in [0.4, 0.5) is 0 Å². The third kappa shape index (κ3) is 4.39. The maximum atomic E-state index is 2.29. The number of rotatable bonds is 3. The van der Waals surface area contributed by atoms with Gasteiger partial charge in [0.05, 0.1) is 0 Å². The lowest BCUT2D eigenvalue weighted by atomic mass is 10.00. The van der Waals surface area contributed by atoms with E-state index in [0.29, 0.717) is 0 Å². The van der Waals surface area contributed by atoms with Gasteiger partial charge in [0.25, 0.3) is 0 Å². The lowest BCUT2D eigenvalue weighted by molar-refractivity contribution is 1.14. The summed E-state index contributed by atoms with van der Waals surface area (Å²) in [7, 11) is 0. The van der Waals surface area contributed by atoms with Gasteiger partial charge in [0.15, 0.2) is 0 Å². The fourth-order valence-electron chi connectivity index (χ4n) is 3.62. The molecule has 4 rings (SSSR count). The van der Waals surface area contributed by atoms with E-state index in [1.165, 1.54) is 43.8 Å². The van der Waals surface area contributed by atoms with E-state index in [1.807, 2.05) is 0 Å². The van der Waals surface area contributed by atoms with Crippen molar-refractivity contribution in [3.63, 3.8) is 0 Å². The van der Waals surface area contributed by atoms with Crippen LogP contribution in [-0.4, -0.2) is 0 Å². The van der Waals surface area contributed by atoms with Gasteiger partial charge in [-0.25, -0.2) is 0 Å². The van der Waals surface area contributed by atoms with E-state index in [1.54, 1.807) is 0 Å². The highest BCUT2D eigenvalue weighted by Gasteiger charge is 1.99. The second kappa shape index (κ2) is 8.86. The third-order valence-corrected chi connectivity index (χ3v) is 5.40. The first-order chi connectivity index (χ1) is 13.2. The molecular weight excluding hydrogens is 324 g/mol. The van der Waals surface area contributed by atoms with Gasteiger partial charge in [-0.2, -0.15) is 0 Å². The molecule has 0 bridgehead atoms. The average molecular weight is 355 g/mol. The van der Waals surface area contributed by atoms with E-state index >= 15 is 0 Å². The van der Waals surface area contributed by atoms with Crippen LogP contribution in [0.5, 0.6) is 0 Å². The fraction of sp³-hybridized carbons (Fsp3) is 0.259. The van der Waals surface area contributed by atoms with Gasteiger partial charge in [-0.1, -0.05) is 93.6 Å². The highest BCUT2D eigenvalue weighted by molar-refractivity contribution is 5.88. The Labute approximate surface area is 163 Å². The molecule has 0 saturated heterocycles. The molecule has 0 heteroatoms. The highest BCUT2D eigenvalue weighted by Crippen LogP contribution is 2.22. The van der Waals surface area contributed by atoms with Crippen molar-refractivity contribution < 1.29 is 0 Å². The standard InChI is InChI=1S/C14H16.C13H14/c1-3-11-5-7-14-10-12(4-2)6-8-13(14)9-11;1-3-11-7-5-8-12-10(2)6-4-9-13(11)12/h5-10H,3-4H2,1-2H3;4-9H,3H2,1-2H3. The minimum absolute atomic E-state index is 1.11. The molecule has 4 aromatic rings. The van der Waals surface area contributed by atoms with Crippen molar-refractivity contribution in [3.8, 4) is 0 Å². The minimum atomic E-state index is 1.11. The zero-order valence-corrected chi connectivity index (χ0v) is 17.0. The summed E-state index contributed by atoms with van der Waals surface area (Å²) < 4.78 is 0. The van der Waals surface area contributed by atoms with Gasteiger partial charge in [0.2, 0.25) is 0 Å². The number of hydrogen-bond acceptors (Lipinski definition) is 0. The Kier molecular flexibility index (Phi) is 6.29. The smallest absolute Gasteiger partial charge is 0.0149 e. The molecular formula is C27H30. The third-order valence-electron chi connectivity index (χ3n) is 5.40. The molecule has 0 aliphatic heterocycles. The molecule has 0 fully saturated rings. The van der Waals surface area contributed by atoms with Crippen LogP contribution in [0.15, 0.2) is 72.8 Å². The molecule has 27 heavy (non-hydrogen) atoms. The summed E-state index contributed by atoms with van der Waals surface area (Å²) in [6.45, 7) is 8.77. The molecule has 0 aromatic heterocycles. The van der Waals surface area contributed by atoms with Crippen molar-refractivity contribution >= 4 is 21.5 Å². The summed E-state index contributed by atoms with van der Waals surface area (Å²) in [6.07, 6.45) is 3.34. The van der Waals surface area contributed by atoms with Gasteiger partial charge < -0.3 is 0 Å². The van der Waals surface area contributed by atoms with Crippen molar-refractivity contribution in [1.29, 1.82) is 0 Å². The van der Waals surface area contributed by atoms with Crippen LogP contribution in [0, 0.1) is 6.92 Å². The Morgan fingerprint density at radius 2 is 1.11 bits per heavy atom. The minimum Gasteiger partial charge on any atom is -0.0614 e. The van der Waals surface area contributed by atoms with Gasteiger partial charge in [0.1, 0.15) is 0 Å². The van der Waals surface area contributed by atoms with E-state index in [9.17, 15) is 0 Å². The van der Waals surface area contributed by atoms with Gasteiger partial charge in [-0.05, 0) is 70.0 Å². The zero-order chi connectivity index (χ0) is 19.2. The first kappa shape index (κ1) is 19.2. The summed E-state index contributed by atoms with van der Waals surface area (Å²) in [4.78, 5) is 0. The summed E-state index contributed by atoms with van der Waals surface area (Å²) in [5.74, 6) is 0. The first-order valence-electron chi connectivity index (χ1n) is 10.1. The average Bonchev–Trinajstić information content (AvgIpc) is 2.73. The molecule has 0 heterocycles. The Morgan fingerprint density at radius 3 is 1.67 bits per heavy atom. The summed E-state index contributed by atoms with van der Waals surface area (Å²) in [5.41, 5.74) is 5.65. The Hall–Kier alpha value is -2.60. The van der Waals surface area contributed by atoms with Crippen molar-refractivity contribution in [2.45, 2.75) is 47.0 Å². The maximum absolute atomic E-state index is 2.29. The van der Waals surface area contributed by atoms with Crippen LogP contribution in [0.2, 0.25) is 0 Å². The van der Waals surface area contributed by atoms with E-state index in [2.05, 4.69) is 100 Å². The molecule has 0 aliphatic carbocycles. The van der Waals surface area contributed by atoms with Crippen LogP contribution in [-0.2, 0) is 19.3 Å². The van der Waals surface area contributed by atoms with Crippen LogP contribution in [0.1, 0.15) is 43.0 Å². The van der Waals surface area contributed by atoms with Crippen molar-refractivity contribution in [1.82, 2.24) is 0 Å². The molecule has 0 amide bonds. The predicted molar refractivity (Wildman–Crippen MR) is 121 cm³/mol. The normalized spacial score (nSPS) is 10.7. The summed E-state index contributed by atoms with van der Waals surface area (Å²) in [6, 6.07) is 26.5. The topological polar surface area (TPSA) is 0 Å². The van der Waals surface area contributed by atoms with Gasteiger partial charge >= 0.3 is 0 Å². The summed E-state index contributed by atoms with van der Waals surface area (Å²) in [5, 5.41) is 5.52. The molecule has 0 N–H and O–H groups in total. The van der Waals surface area contributed by atoms with Crippen molar-refractivity contribution in [2.75, 3.05) is 0 Å². The lowest BCUT2D eigenvalue weighted by Gasteiger charge is -2.05. The SMILES string of the molecule is CCc1ccc2cc(CC)ccc2c1.CCc1cccc2c(C)cccc12. The van der Waals surface area contributed by atoms with Crippen LogP contribution in [0.3, 0.4) is 0 Å². The number of benzene rings is 4. The molecule has 0 spiro atoms. The number of hydrogen-bond donors (Lipinski definition) is 0. The molecule has 0 unspecified atom stereocenters. The quantitative estimate of drug-likeness (QED) is 0.354. The highest BCUT2D eigenvalue weighted by atomic mass is 14.0. The van der Waals surface area contributed by atoms with Gasteiger partial charge in [0, 0.05) is 0 Å². The molecule has 4 aromatic carbocycles. The van der Waals surface area contributed by atoms with E-state index < -0.39 is 0 Å². The largest absolute Gasteiger partial charge is 0.0614 e. The van der Waals surface area contributed by atoms with E-state index in [4.69, 9.17) is 0 Å². The number of fused-ring (bicyclic) bond motifs is 2. The molecule has 0 saturated carbocycles. The zero-order valence-electron chi connectivity index (χ0n) is 17.0. The summed E-state index contributed by atoms with van der Waals surface area (Å²) >= 11 is 0. The fourth-order valence-corrected chi connectivity index (χ4v) is 3.62. The Morgan fingerprint density at radius 1 is 0.556 bits per heavy atom. The van der Waals surface area contributed by atoms with Crippen molar-refractivity contribution in [2.24, 2.45) is 0 Å². The molecule has 0 nitrogen and oxygen atoms in total. The van der Waals surface area contributed by atoms with Crippen LogP contribution in [0.25, 0.3) is 21.5 Å². The molecule has 0 radical (unpaired) electrons. The predicted octanol–water partition coefficient (Wildman–Crippen LogP) is 7.68. The van der Waals surface area contributed by atoms with E-state index in [0.717, 1.165) is 19.3 Å². The Balaban J connectivity index is 0.000000156. The molecule has 0 aliphatic rings. The maximum Gasteiger partial charge on any atom is -0.0149 e. The van der Waals surface area contributed by atoms with E-state index in [-0.39, 0.29) is 0 Å². The second-order valence-electron chi connectivity index (χ2n) is 7.16. The molecule has 138 valence electrons. The van der Waals surface area contributed by atoms with Gasteiger partial charge in [-0.3, -0.25) is 0 Å². The monoisotopic (exact) mass is 354 g/mol. The first-order valence-corrected chi connectivity index (χ1v) is 10.1. The Bertz CT molecular complexity index is 997. The number of aryl methyl sites for hydroxylation is 4. The van der Waals surface area contributed by atoms with Crippen LogP contribution >= 0.6 is 0 Å². The van der Waals surface area contributed by atoms with Crippen molar-refractivity contribution in [3.05, 3.63) is 95.1 Å². The molecule has 0 atom stereocenters. The van der Waals surface area contributed by atoms with Gasteiger partial charge in [-0.15, -0.1) is 0 Å². The van der Waals surface area contributed by atoms with Crippen LogP contribution < -0.4 is 0 Å². The lowest BCUT2D eigenvalue weighted by Crippen LogP contribution is -1.84. The second-order valence-corrected chi connectivity index (χ2v) is 7.16.